The molecule has 0 aliphatic carbocycles. The van der Waals surface area contributed by atoms with Gasteiger partial charge in [-0.1, -0.05) is 91.1 Å². The van der Waals surface area contributed by atoms with Crippen LogP contribution < -0.4 is 5.32 Å². The van der Waals surface area contributed by atoms with Crippen LogP contribution in [0, 0.1) is 13.8 Å². The first-order valence-corrected chi connectivity index (χ1v) is 13.1. The summed E-state index contributed by atoms with van der Waals surface area (Å²) in [6, 6.07) is 20.5. The van der Waals surface area contributed by atoms with Crippen molar-refractivity contribution >= 4 is 35.0 Å². The molecule has 0 aliphatic rings. The monoisotopic (exact) mass is 524 g/mol. The van der Waals surface area contributed by atoms with Crippen LogP contribution in [0.5, 0.6) is 0 Å². The first-order valence-electron chi connectivity index (χ1n) is 12.4. The number of nitrogens with zero attached hydrogens (tertiary/aromatic N) is 1. The molecule has 0 fully saturated rings. The normalized spacial score (nSPS) is 11.7. The van der Waals surface area contributed by atoms with Crippen molar-refractivity contribution in [2.24, 2.45) is 0 Å². The van der Waals surface area contributed by atoms with Crippen LogP contribution in [-0.2, 0) is 29.0 Å². The molecular weight excluding hydrogens is 491 g/mol. The number of unbranched alkanes of at least 4 members (excludes halogenated alkanes) is 1. The average Bonchev–Trinajstić information content (AvgIpc) is 2.86. The van der Waals surface area contributed by atoms with Crippen molar-refractivity contribution in [1.82, 2.24) is 10.2 Å². The Labute approximate surface area is 224 Å². The van der Waals surface area contributed by atoms with Crippen LogP contribution >= 0.6 is 23.2 Å². The van der Waals surface area contributed by atoms with Gasteiger partial charge in [0, 0.05) is 19.5 Å². The number of hydrogen-bond donors (Lipinski definition) is 1. The number of nitrogens with one attached hydrogen (secondary N) is 1. The molecule has 36 heavy (non-hydrogen) atoms. The zero-order chi connectivity index (χ0) is 26.1. The third kappa shape index (κ3) is 7.84. The number of hydrogen-bond acceptors (Lipinski definition) is 2. The van der Waals surface area contributed by atoms with E-state index in [0.717, 1.165) is 35.1 Å². The fourth-order valence-corrected chi connectivity index (χ4v) is 4.41. The highest BCUT2D eigenvalue weighted by molar-refractivity contribution is 6.42. The molecule has 0 heterocycles. The first kappa shape index (κ1) is 27.8. The predicted molar refractivity (Wildman–Crippen MR) is 148 cm³/mol. The molecule has 0 saturated carbocycles. The number of benzene rings is 3. The van der Waals surface area contributed by atoms with Crippen molar-refractivity contribution in [2.45, 2.75) is 59.0 Å². The molecule has 2 amide bonds. The van der Waals surface area contributed by atoms with Gasteiger partial charge < -0.3 is 10.2 Å². The van der Waals surface area contributed by atoms with E-state index < -0.39 is 6.04 Å². The Balaban J connectivity index is 1.97. The van der Waals surface area contributed by atoms with Gasteiger partial charge in [-0.05, 0) is 60.2 Å². The molecular formula is C30H34Cl2N2O2. The number of rotatable bonds is 11. The summed E-state index contributed by atoms with van der Waals surface area (Å²) in [5.41, 5.74) is 5.04. The van der Waals surface area contributed by atoms with E-state index in [0.29, 0.717) is 23.0 Å². The van der Waals surface area contributed by atoms with Gasteiger partial charge in [0.05, 0.1) is 16.5 Å². The lowest BCUT2D eigenvalue weighted by atomic mass is 10.00. The molecule has 1 N–H and O–H groups in total. The third-order valence-electron chi connectivity index (χ3n) is 6.36. The zero-order valence-electron chi connectivity index (χ0n) is 21.2. The van der Waals surface area contributed by atoms with E-state index >= 15 is 0 Å². The number of amides is 2. The standard InChI is InChI=1S/C30H34Cl2N2O2/c1-4-5-15-33-30(36)28(18-23-9-7-6-8-10-23)34(20-25-13-14-26(31)27(32)17-25)29(35)19-24-12-11-21(2)22(3)16-24/h6-14,16-17,28H,4-5,15,18-20H2,1-3H3,(H,33,36)/t28-/m0/s1. The molecule has 0 radical (unpaired) electrons. The van der Waals surface area contributed by atoms with Gasteiger partial charge >= 0.3 is 0 Å². The molecule has 6 heteroatoms. The van der Waals surface area contributed by atoms with E-state index in [1.807, 2.05) is 68.4 Å². The van der Waals surface area contributed by atoms with Crippen LogP contribution in [0.1, 0.15) is 47.6 Å². The summed E-state index contributed by atoms with van der Waals surface area (Å²) in [6.45, 7) is 6.99. The SMILES string of the molecule is CCCCNC(=O)[C@H](Cc1ccccc1)N(Cc1ccc(Cl)c(Cl)c1)C(=O)Cc1ccc(C)c(C)c1. The lowest BCUT2D eigenvalue weighted by Gasteiger charge is -2.32. The lowest BCUT2D eigenvalue weighted by molar-refractivity contribution is -0.140. The Morgan fingerprint density at radius 2 is 1.58 bits per heavy atom. The maximum Gasteiger partial charge on any atom is 0.243 e. The molecule has 1 atom stereocenters. The quantitative estimate of drug-likeness (QED) is 0.283. The minimum atomic E-state index is -0.669. The molecule has 3 rings (SSSR count). The van der Waals surface area contributed by atoms with Gasteiger partial charge in [-0.15, -0.1) is 0 Å². The predicted octanol–water partition coefficient (Wildman–Crippen LogP) is 6.71. The smallest absolute Gasteiger partial charge is 0.243 e. The first-order chi connectivity index (χ1) is 17.3. The number of halogens is 2. The van der Waals surface area contributed by atoms with Gasteiger partial charge in [-0.2, -0.15) is 0 Å². The van der Waals surface area contributed by atoms with Crippen molar-refractivity contribution in [3.05, 3.63) is 105 Å². The van der Waals surface area contributed by atoms with Gasteiger partial charge in [0.1, 0.15) is 6.04 Å². The Hall–Kier alpha value is -2.82. The molecule has 0 aromatic heterocycles. The second-order valence-corrected chi connectivity index (χ2v) is 10.0. The molecule has 0 unspecified atom stereocenters. The molecule has 0 saturated heterocycles. The summed E-state index contributed by atoms with van der Waals surface area (Å²) in [4.78, 5) is 29.0. The number of carbonyl (C=O) groups is 2. The summed E-state index contributed by atoms with van der Waals surface area (Å²) in [5.74, 6) is -0.267. The second kappa shape index (κ2) is 13.5. The average molecular weight is 526 g/mol. The molecule has 190 valence electrons. The van der Waals surface area contributed by atoms with Gasteiger partial charge in [-0.25, -0.2) is 0 Å². The minimum Gasteiger partial charge on any atom is -0.354 e. The van der Waals surface area contributed by atoms with Crippen molar-refractivity contribution in [3.8, 4) is 0 Å². The fraction of sp³-hybridized carbons (Fsp3) is 0.333. The molecule has 3 aromatic carbocycles. The lowest BCUT2D eigenvalue weighted by Crippen LogP contribution is -2.51. The highest BCUT2D eigenvalue weighted by Gasteiger charge is 2.30. The van der Waals surface area contributed by atoms with Gasteiger partial charge in [0.25, 0.3) is 0 Å². The minimum absolute atomic E-state index is 0.115. The van der Waals surface area contributed by atoms with Crippen LogP contribution in [-0.4, -0.2) is 29.3 Å². The summed E-state index contributed by atoms with van der Waals surface area (Å²) in [6.07, 6.45) is 2.48. The summed E-state index contributed by atoms with van der Waals surface area (Å²) >= 11 is 12.4. The number of carbonyl (C=O) groups excluding carboxylic acids is 2. The number of aryl methyl sites for hydroxylation is 2. The van der Waals surface area contributed by atoms with Gasteiger partial charge in [-0.3, -0.25) is 9.59 Å². The maximum absolute atomic E-state index is 13.8. The summed E-state index contributed by atoms with van der Waals surface area (Å²) in [7, 11) is 0. The van der Waals surface area contributed by atoms with E-state index in [9.17, 15) is 9.59 Å². The highest BCUT2D eigenvalue weighted by Crippen LogP contribution is 2.25. The summed E-state index contributed by atoms with van der Waals surface area (Å²) in [5, 5.41) is 3.92. The zero-order valence-corrected chi connectivity index (χ0v) is 22.7. The molecule has 0 spiro atoms. The van der Waals surface area contributed by atoms with Crippen LogP contribution in [0.25, 0.3) is 0 Å². The van der Waals surface area contributed by atoms with Crippen LogP contribution in [0.2, 0.25) is 10.0 Å². The Kier molecular flexibility index (Phi) is 10.4. The van der Waals surface area contributed by atoms with Crippen LogP contribution in [0.4, 0.5) is 0 Å². The van der Waals surface area contributed by atoms with E-state index in [2.05, 4.69) is 12.2 Å². The van der Waals surface area contributed by atoms with Crippen molar-refractivity contribution in [3.63, 3.8) is 0 Å². The van der Waals surface area contributed by atoms with Crippen molar-refractivity contribution < 1.29 is 9.59 Å². The maximum atomic E-state index is 13.8. The Morgan fingerprint density at radius 1 is 0.861 bits per heavy atom. The Morgan fingerprint density at radius 3 is 2.25 bits per heavy atom. The van der Waals surface area contributed by atoms with E-state index in [1.165, 1.54) is 5.56 Å². The third-order valence-corrected chi connectivity index (χ3v) is 7.10. The van der Waals surface area contributed by atoms with E-state index in [-0.39, 0.29) is 24.8 Å². The Bertz CT molecular complexity index is 1180. The van der Waals surface area contributed by atoms with Gasteiger partial charge in [0.2, 0.25) is 11.8 Å². The van der Waals surface area contributed by atoms with Gasteiger partial charge in [0.15, 0.2) is 0 Å². The highest BCUT2D eigenvalue weighted by atomic mass is 35.5. The molecule has 3 aromatic rings. The molecule has 0 aliphatic heterocycles. The molecule has 0 bridgehead atoms. The van der Waals surface area contributed by atoms with Crippen molar-refractivity contribution in [1.29, 1.82) is 0 Å². The molecule has 4 nitrogen and oxygen atoms in total. The summed E-state index contributed by atoms with van der Waals surface area (Å²) < 4.78 is 0. The van der Waals surface area contributed by atoms with E-state index in [4.69, 9.17) is 23.2 Å². The largest absolute Gasteiger partial charge is 0.354 e. The van der Waals surface area contributed by atoms with Crippen molar-refractivity contribution in [2.75, 3.05) is 6.54 Å². The van der Waals surface area contributed by atoms with Crippen LogP contribution in [0.15, 0.2) is 66.7 Å². The topological polar surface area (TPSA) is 49.4 Å². The van der Waals surface area contributed by atoms with Crippen LogP contribution in [0.3, 0.4) is 0 Å². The van der Waals surface area contributed by atoms with E-state index in [1.54, 1.807) is 17.0 Å². The second-order valence-electron chi connectivity index (χ2n) is 9.22. The fourth-order valence-electron chi connectivity index (χ4n) is 4.08.